The predicted octanol–water partition coefficient (Wildman–Crippen LogP) is 2.85. The molecule has 118 valence electrons. The summed E-state index contributed by atoms with van der Waals surface area (Å²) < 4.78 is 28.1. The Morgan fingerprint density at radius 2 is 2.00 bits per heavy atom. The lowest BCUT2D eigenvalue weighted by atomic mass is 10.2. The van der Waals surface area contributed by atoms with Crippen molar-refractivity contribution in [2.75, 3.05) is 4.72 Å². The highest BCUT2D eigenvalue weighted by atomic mass is 35.5. The smallest absolute Gasteiger partial charge is 0.261 e. The van der Waals surface area contributed by atoms with E-state index >= 15 is 0 Å². The van der Waals surface area contributed by atoms with Crippen LogP contribution in [0.25, 0.3) is 10.2 Å². The molecule has 2 aromatic carbocycles. The molecule has 0 fully saturated rings. The molecule has 0 aliphatic heterocycles. The van der Waals surface area contributed by atoms with Crippen molar-refractivity contribution in [3.05, 3.63) is 52.5 Å². The molecular weight excluding hydrogens is 358 g/mol. The van der Waals surface area contributed by atoms with Crippen LogP contribution in [0.15, 0.2) is 46.8 Å². The molecular formula is C14H10ClN3O3S2. The van der Waals surface area contributed by atoms with E-state index in [0.717, 1.165) is 10.2 Å². The van der Waals surface area contributed by atoms with Gasteiger partial charge in [-0.1, -0.05) is 11.6 Å². The average Bonchev–Trinajstić information content (AvgIpc) is 2.96. The highest BCUT2D eigenvalue weighted by molar-refractivity contribution is 7.92. The molecule has 0 radical (unpaired) electrons. The number of nitrogens with zero attached hydrogens (tertiary/aromatic N) is 1. The Morgan fingerprint density at radius 3 is 2.74 bits per heavy atom. The fraction of sp³-hybridized carbons (Fsp3) is 0. The lowest BCUT2D eigenvalue weighted by Gasteiger charge is -2.11. The van der Waals surface area contributed by atoms with Gasteiger partial charge in [0.2, 0.25) is 0 Å². The van der Waals surface area contributed by atoms with E-state index in [1.165, 1.54) is 41.7 Å². The van der Waals surface area contributed by atoms with Gasteiger partial charge < -0.3 is 5.73 Å². The Morgan fingerprint density at radius 1 is 1.22 bits per heavy atom. The summed E-state index contributed by atoms with van der Waals surface area (Å²) in [5.41, 5.74) is 7.70. The van der Waals surface area contributed by atoms with E-state index in [9.17, 15) is 13.2 Å². The molecule has 0 bridgehead atoms. The summed E-state index contributed by atoms with van der Waals surface area (Å²) in [6.07, 6.45) is 0. The standard InChI is InChI=1S/C14H10ClN3O3S2/c15-8-1-3-11(10(5-8)14(16)19)18-23(20,21)9-2-4-12-13(6-9)22-7-17-12/h1-7,18H,(H2,16,19). The normalized spacial score (nSPS) is 11.5. The Labute approximate surface area is 141 Å². The van der Waals surface area contributed by atoms with Crippen LogP contribution in [-0.2, 0) is 10.0 Å². The molecule has 9 heteroatoms. The van der Waals surface area contributed by atoms with Gasteiger partial charge in [0, 0.05) is 5.02 Å². The predicted molar refractivity (Wildman–Crippen MR) is 90.4 cm³/mol. The van der Waals surface area contributed by atoms with Crippen LogP contribution < -0.4 is 10.5 Å². The SMILES string of the molecule is NC(=O)c1cc(Cl)ccc1NS(=O)(=O)c1ccc2ncsc2c1. The Balaban J connectivity index is 2.02. The van der Waals surface area contributed by atoms with Gasteiger partial charge in [-0.05, 0) is 36.4 Å². The number of carbonyl (C=O) groups is 1. The van der Waals surface area contributed by atoms with Gasteiger partial charge in [0.15, 0.2) is 0 Å². The second-order valence-corrected chi connectivity index (χ2v) is 7.65. The van der Waals surface area contributed by atoms with Crippen molar-refractivity contribution in [2.45, 2.75) is 4.90 Å². The molecule has 0 atom stereocenters. The van der Waals surface area contributed by atoms with Crippen molar-refractivity contribution in [3.8, 4) is 0 Å². The number of hydrogen-bond donors (Lipinski definition) is 2. The molecule has 1 amide bonds. The van der Waals surface area contributed by atoms with E-state index in [4.69, 9.17) is 17.3 Å². The van der Waals surface area contributed by atoms with Gasteiger partial charge in [-0.2, -0.15) is 0 Å². The number of benzene rings is 2. The highest BCUT2D eigenvalue weighted by Crippen LogP contribution is 2.26. The Hall–Kier alpha value is -2.16. The third-order valence-electron chi connectivity index (χ3n) is 3.10. The average molecular weight is 368 g/mol. The highest BCUT2D eigenvalue weighted by Gasteiger charge is 2.19. The summed E-state index contributed by atoms with van der Waals surface area (Å²) in [5, 5.41) is 0.285. The number of fused-ring (bicyclic) bond motifs is 1. The number of amides is 1. The molecule has 6 nitrogen and oxygen atoms in total. The van der Waals surface area contributed by atoms with Gasteiger partial charge >= 0.3 is 0 Å². The monoisotopic (exact) mass is 367 g/mol. The van der Waals surface area contributed by atoms with Crippen LogP contribution in [0.1, 0.15) is 10.4 Å². The molecule has 0 saturated carbocycles. The summed E-state index contributed by atoms with van der Waals surface area (Å²) in [4.78, 5) is 15.6. The van der Waals surface area contributed by atoms with Crippen molar-refractivity contribution in [2.24, 2.45) is 5.73 Å². The van der Waals surface area contributed by atoms with Crippen LogP contribution in [0.2, 0.25) is 5.02 Å². The summed E-state index contributed by atoms with van der Waals surface area (Å²) in [7, 11) is -3.87. The largest absolute Gasteiger partial charge is 0.366 e. The first kappa shape index (κ1) is 15.7. The summed E-state index contributed by atoms with van der Waals surface area (Å²) in [5.74, 6) is -0.775. The van der Waals surface area contributed by atoms with Crippen LogP contribution >= 0.6 is 22.9 Å². The van der Waals surface area contributed by atoms with Gasteiger partial charge in [-0.25, -0.2) is 13.4 Å². The second kappa shape index (κ2) is 5.80. The first-order valence-corrected chi connectivity index (χ1v) is 9.06. The van der Waals surface area contributed by atoms with Gasteiger partial charge in [-0.3, -0.25) is 9.52 Å². The minimum Gasteiger partial charge on any atom is -0.366 e. The molecule has 0 aliphatic carbocycles. The number of nitrogens with one attached hydrogen (secondary N) is 1. The van der Waals surface area contributed by atoms with Crippen molar-refractivity contribution in [1.82, 2.24) is 4.98 Å². The maximum Gasteiger partial charge on any atom is 0.261 e. The Bertz CT molecular complexity index is 1020. The first-order chi connectivity index (χ1) is 10.9. The van der Waals surface area contributed by atoms with E-state index in [1.54, 1.807) is 11.6 Å². The fourth-order valence-electron chi connectivity index (χ4n) is 2.02. The minimum absolute atomic E-state index is 0.0000525. The second-order valence-electron chi connectivity index (χ2n) is 4.64. The molecule has 1 aromatic heterocycles. The summed E-state index contributed by atoms with van der Waals surface area (Å²) in [6.45, 7) is 0. The zero-order valence-corrected chi connectivity index (χ0v) is 13.9. The van der Waals surface area contributed by atoms with Crippen LogP contribution in [0, 0.1) is 0 Å². The number of hydrogen-bond acceptors (Lipinski definition) is 5. The number of aromatic nitrogens is 1. The third kappa shape index (κ3) is 3.14. The third-order valence-corrected chi connectivity index (χ3v) is 5.49. The molecule has 23 heavy (non-hydrogen) atoms. The van der Waals surface area contributed by atoms with E-state index < -0.39 is 15.9 Å². The zero-order valence-electron chi connectivity index (χ0n) is 11.5. The van der Waals surface area contributed by atoms with Crippen LogP contribution in [0.4, 0.5) is 5.69 Å². The number of nitrogens with two attached hydrogens (primary N) is 1. The number of halogens is 1. The van der Waals surface area contributed by atoms with Gasteiger partial charge in [0.1, 0.15) is 0 Å². The number of anilines is 1. The summed E-state index contributed by atoms with van der Waals surface area (Å²) >= 11 is 7.15. The van der Waals surface area contributed by atoms with Crippen LogP contribution in [0.3, 0.4) is 0 Å². The first-order valence-electron chi connectivity index (χ1n) is 6.32. The quantitative estimate of drug-likeness (QED) is 0.740. The van der Waals surface area contributed by atoms with E-state index in [0.29, 0.717) is 0 Å². The van der Waals surface area contributed by atoms with Crippen molar-refractivity contribution >= 4 is 54.8 Å². The topological polar surface area (TPSA) is 102 Å². The maximum absolute atomic E-state index is 12.5. The molecule has 1 heterocycles. The number of carbonyl (C=O) groups excluding carboxylic acids is 1. The lowest BCUT2D eigenvalue weighted by Crippen LogP contribution is -2.18. The van der Waals surface area contributed by atoms with Gasteiger partial charge in [0.05, 0.1) is 31.9 Å². The van der Waals surface area contributed by atoms with Crippen LogP contribution in [0.5, 0.6) is 0 Å². The molecule has 0 spiro atoms. The number of primary amides is 1. The van der Waals surface area contributed by atoms with Crippen molar-refractivity contribution in [3.63, 3.8) is 0 Å². The Kier molecular flexibility index (Phi) is 3.97. The van der Waals surface area contributed by atoms with Gasteiger partial charge in [-0.15, -0.1) is 11.3 Å². The number of sulfonamides is 1. The minimum atomic E-state index is -3.87. The molecule has 0 aliphatic rings. The number of thiazole rings is 1. The summed E-state index contributed by atoms with van der Waals surface area (Å²) in [6, 6.07) is 8.77. The maximum atomic E-state index is 12.5. The van der Waals surface area contributed by atoms with E-state index in [1.807, 2.05) is 0 Å². The molecule has 3 N–H and O–H groups in total. The van der Waals surface area contributed by atoms with E-state index in [-0.39, 0.29) is 21.2 Å². The fourth-order valence-corrected chi connectivity index (χ4v) is 4.08. The van der Waals surface area contributed by atoms with E-state index in [2.05, 4.69) is 9.71 Å². The number of rotatable bonds is 4. The van der Waals surface area contributed by atoms with Gasteiger partial charge in [0.25, 0.3) is 15.9 Å². The molecule has 0 unspecified atom stereocenters. The molecule has 3 rings (SSSR count). The zero-order chi connectivity index (χ0) is 16.6. The van der Waals surface area contributed by atoms with Crippen molar-refractivity contribution in [1.29, 1.82) is 0 Å². The molecule has 3 aromatic rings. The van der Waals surface area contributed by atoms with Crippen molar-refractivity contribution < 1.29 is 13.2 Å². The lowest BCUT2D eigenvalue weighted by molar-refractivity contribution is 0.100. The molecule has 0 saturated heterocycles. The van der Waals surface area contributed by atoms with Crippen LogP contribution in [-0.4, -0.2) is 19.3 Å².